The Hall–Kier alpha value is -2.53. The molecule has 0 aromatic heterocycles. The van der Waals surface area contributed by atoms with Crippen molar-refractivity contribution in [2.45, 2.75) is 6.92 Å². The molecule has 4 N–H and O–H groups in total. The van der Waals surface area contributed by atoms with E-state index in [0.29, 0.717) is 16.9 Å². The Morgan fingerprint density at radius 1 is 1.14 bits per heavy atom. The molecule has 1 amide bonds. The van der Waals surface area contributed by atoms with Crippen molar-refractivity contribution < 1.29 is 14.7 Å². The van der Waals surface area contributed by atoms with Gasteiger partial charge in [-0.1, -0.05) is 17.7 Å². The van der Waals surface area contributed by atoms with Gasteiger partial charge in [0, 0.05) is 5.69 Å². The van der Waals surface area contributed by atoms with E-state index in [4.69, 9.17) is 22.4 Å². The van der Waals surface area contributed by atoms with Crippen molar-refractivity contribution in [2.24, 2.45) is 5.73 Å². The topological polar surface area (TPSA) is 92.4 Å². The number of carbonyl (C=O) groups excluding carboxylic acids is 1. The van der Waals surface area contributed by atoms with E-state index in [0.717, 1.165) is 5.56 Å². The smallest absolute Gasteiger partial charge is 0.337 e. The molecular weight excluding hydrogens is 292 g/mol. The molecule has 21 heavy (non-hydrogen) atoms. The van der Waals surface area contributed by atoms with Gasteiger partial charge in [-0.15, -0.1) is 0 Å². The third kappa shape index (κ3) is 3.32. The summed E-state index contributed by atoms with van der Waals surface area (Å²) in [6.07, 6.45) is 0. The van der Waals surface area contributed by atoms with Crippen LogP contribution in [0, 0.1) is 6.92 Å². The van der Waals surface area contributed by atoms with E-state index in [2.05, 4.69) is 5.32 Å². The molecule has 0 aliphatic carbocycles. The van der Waals surface area contributed by atoms with E-state index in [1.165, 1.54) is 12.1 Å². The van der Waals surface area contributed by atoms with Crippen LogP contribution in [0.4, 0.5) is 11.4 Å². The lowest BCUT2D eigenvalue weighted by molar-refractivity contribution is 0.0697. The van der Waals surface area contributed by atoms with Crippen LogP contribution in [0.15, 0.2) is 36.4 Å². The summed E-state index contributed by atoms with van der Waals surface area (Å²) in [5.74, 6) is -1.65. The third-order valence-electron chi connectivity index (χ3n) is 2.92. The molecule has 0 aliphatic rings. The van der Waals surface area contributed by atoms with E-state index < -0.39 is 11.9 Å². The highest BCUT2D eigenvalue weighted by Crippen LogP contribution is 2.26. The van der Waals surface area contributed by atoms with Crippen molar-refractivity contribution in [2.75, 3.05) is 5.32 Å². The first-order valence-electron chi connectivity index (χ1n) is 6.09. The highest BCUT2D eigenvalue weighted by Gasteiger charge is 2.11. The van der Waals surface area contributed by atoms with E-state index in [1.54, 1.807) is 24.3 Å². The average molecular weight is 305 g/mol. The zero-order valence-electron chi connectivity index (χ0n) is 11.2. The van der Waals surface area contributed by atoms with Crippen molar-refractivity contribution in [3.8, 4) is 0 Å². The van der Waals surface area contributed by atoms with Crippen molar-refractivity contribution >= 4 is 34.9 Å². The standard InChI is InChI=1S/C15H13ClN2O3/c1-8-2-4-11(14(17)19)13(6-8)18-9-3-5-10(15(20)21)12(16)7-9/h2-7,18H,1H3,(H2,17,19)(H,20,21). The second-order valence-corrected chi connectivity index (χ2v) is 4.95. The molecule has 2 aromatic carbocycles. The molecule has 0 heterocycles. The van der Waals surface area contributed by atoms with Gasteiger partial charge in [-0.05, 0) is 42.8 Å². The summed E-state index contributed by atoms with van der Waals surface area (Å²) in [5, 5.41) is 12.1. The van der Waals surface area contributed by atoms with Crippen LogP contribution in [-0.4, -0.2) is 17.0 Å². The molecule has 0 saturated heterocycles. The second-order valence-electron chi connectivity index (χ2n) is 4.54. The number of nitrogens with two attached hydrogens (primary N) is 1. The Balaban J connectivity index is 2.38. The molecule has 0 bridgehead atoms. The molecule has 2 rings (SSSR count). The predicted molar refractivity (Wildman–Crippen MR) is 81.4 cm³/mol. The molecule has 6 heteroatoms. The minimum absolute atomic E-state index is 0.0154. The van der Waals surface area contributed by atoms with Crippen molar-refractivity contribution in [3.05, 3.63) is 58.1 Å². The van der Waals surface area contributed by atoms with E-state index >= 15 is 0 Å². The molecule has 0 saturated carbocycles. The van der Waals surface area contributed by atoms with Gasteiger partial charge in [0.2, 0.25) is 0 Å². The molecule has 5 nitrogen and oxygen atoms in total. The van der Waals surface area contributed by atoms with Crippen LogP contribution < -0.4 is 11.1 Å². The van der Waals surface area contributed by atoms with Gasteiger partial charge in [-0.3, -0.25) is 4.79 Å². The Morgan fingerprint density at radius 2 is 1.81 bits per heavy atom. The number of carbonyl (C=O) groups is 2. The first-order chi connectivity index (χ1) is 9.88. The predicted octanol–water partition coefficient (Wildman–Crippen LogP) is 3.19. The number of halogens is 1. The maximum atomic E-state index is 11.4. The fraction of sp³-hybridized carbons (Fsp3) is 0.0667. The van der Waals surface area contributed by atoms with Crippen LogP contribution in [0.3, 0.4) is 0 Å². The number of carboxylic acids is 1. The Morgan fingerprint density at radius 3 is 2.38 bits per heavy atom. The van der Waals surface area contributed by atoms with Gasteiger partial charge in [0.05, 0.1) is 21.8 Å². The highest BCUT2D eigenvalue weighted by molar-refractivity contribution is 6.33. The van der Waals surface area contributed by atoms with Crippen molar-refractivity contribution in [1.29, 1.82) is 0 Å². The Bertz CT molecular complexity index is 729. The summed E-state index contributed by atoms with van der Waals surface area (Å²) in [5.41, 5.74) is 7.76. The molecule has 0 radical (unpaired) electrons. The first-order valence-corrected chi connectivity index (χ1v) is 6.46. The summed E-state index contributed by atoms with van der Waals surface area (Å²) in [7, 11) is 0. The minimum Gasteiger partial charge on any atom is -0.478 e. The maximum absolute atomic E-state index is 11.4. The minimum atomic E-state index is -1.10. The lowest BCUT2D eigenvalue weighted by atomic mass is 10.1. The maximum Gasteiger partial charge on any atom is 0.337 e. The molecule has 0 atom stereocenters. The molecular formula is C15H13ClN2O3. The van der Waals surface area contributed by atoms with Gasteiger partial charge in [0.25, 0.3) is 5.91 Å². The van der Waals surface area contributed by atoms with Gasteiger partial charge in [-0.2, -0.15) is 0 Å². The summed E-state index contributed by atoms with van der Waals surface area (Å²) < 4.78 is 0. The van der Waals surface area contributed by atoms with Crippen molar-refractivity contribution in [3.63, 3.8) is 0 Å². The monoisotopic (exact) mass is 304 g/mol. The van der Waals surface area contributed by atoms with E-state index in [-0.39, 0.29) is 10.6 Å². The summed E-state index contributed by atoms with van der Waals surface area (Å²) in [4.78, 5) is 22.3. The summed E-state index contributed by atoms with van der Waals surface area (Å²) in [6, 6.07) is 9.64. The number of aromatic carboxylic acids is 1. The largest absolute Gasteiger partial charge is 0.478 e. The van der Waals surface area contributed by atoms with E-state index in [9.17, 15) is 9.59 Å². The lowest BCUT2D eigenvalue weighted by Gasteiger charge is -2.12. The van der Waals surface area contributed by atoms with Gasteiger partial charge in [0.15, 0.2) is 0 Å². The van der Waals surface area contributed by atoms with Gasteiger partial charge in [0.1, 0.15) is 0 Å². The number of amides is 1. The fourth-order valence-electron chi connectivity index (χ4n) is 1.90. The van der Waals surface area contributed by atoms with Crippen LogP contribution >= 0.6 is 11.6 Å². The molecule has 108 valence electrons. The van der Waals surface area contributed by atoms with Gasteiger partial charge >= 0.3 is 5.97 Å². The van der Waals surface area contributed by atoms with Gasteiger partial charge in [-0.25, -0.2) is 4.79 Å². The third-order valence-corrected chi connectivity index (χ3v) is 3.23. The number of anilines is 2. The summed E-state index contributed by atoms with van der Waals surface area (Å²) in [6.45, 7) is 1.89. The number of carboxylic acid groups (broad SMARTS) is 1. The Labute approximate surface area is 126 Å². The number of hydrogen-bond acceptors (Lipinski definition) is 3. The van der Waals surface area contributed by atoms with Crippen LogP contribution in [0.2, 0.25) is 5.02 Å². The second kappa shape index (κ2) is 5.85. The zero-order chi connectivity index (χ0) is 15.6. The number of benzene rings is 2. The van der Waals surface area contributed by atoms with Crippen LogP contribution in [-0.2, 0) is 0 Å². The molecule has 0 unspecified atom stereocenters. The van der Waals surface area contributed by atoms with Crippen LogP contribution in [0.5, 0.6) is 0 Å². The van der Waals surface area contributed by atoms with Crippen molar-refractivity contribution in [1.82, 2.24) is 0 Å². The quantitative estimate of drug-likeness (QED) is 0.808. The SMILES string of the molecule is Cc1ccc(C(N)=O)c(Nc2ccc(C(=O)O)c(Cl)c2)c1. The van der Waals surface area contributed by atoms with Crippen LogP contribution in [0.1, 0.15) is 26.3 Å². The Kier molecular flexibility index (Phi) is 4.14. The first kappa shape index (κ1) is 14.9. The van der Waals surface area contributed by atoms with E-state index in [1.807, 2.05) is 6.92 Å². The molecule has 2 aromatic rings. The molecule has 0 fully saturated rings. The average Bonchev–Trinajstić information content (AvgIpc) is 2.37. The van der Waals surface area contributed by atoms with Gasteiger partial charge < -0.3 is 16.2 Å². The molecule has 0 spiro atoms. The molecule has 0 aliphatic heterocycles. The lowest BCUT2D eigenvalue weighted by Crippen LogP contribution is -2.13. The summed E-state index contributed by atoms with van der Waals surface area (Å²) >= 11 is 5.91. The number of aryl methyl sites for hydroxylation is 1. The number of rotatable bonds is 4. The number of primary amides is 1. The normalized spacial score (nSPS) is 10.2. The zero-order valence-corrected chi connectivity index (χ0v) is 11.9. The van der Waals surface area contributed by atoms with Crippen LogP contribution in [0.25, 0.3) is 0 Å². The number of nitrogens with one attached hydrogen (secondary N) is 1. The fourth-order valence-corrected chi connectivity index (χ4v) is 2.16. The number of hydrogen-bond donors (Lipinski definition) is 3. The highest BCUT2D eigenvalue weighted by atomic mass is 35.5.